The first-order valence-electron chi connectivity index (χ1n) is 17.3. The normalized spacial score (nSPS) is 15.8. The van der Waals surface area contributed by atoms with E-state index in [9.17, 15) is 24.0 Å². The molecule has 6 amide bonds. The molecule has 2 aromatic rings. The summed E-state index contributed by atoms with van der Waals surface area (Å²) in [7, 11) is 0. The smallest absolute Gasteiger partial charge is 0.312 e. The van der Waals surface area contributed by atoms with Crippen LogP contribution in [0, 0.1) is 5.92 Å². The van der Waals surface area contributed by atoms with Crippen LogP contribution in [0.15, 0.2) is 60.7 Å². The molecule has 1 fully saturated rings. The van der Waals surface area contributed by atoms with Crippen molar-refractivity contribution in [2.75, 3.05) is 19.6 Å². The van der Waals surface area contributed by atoms with E-state index < -0.39 is 47.9 Å². The van der Waals surface area contributed by atoms with Crippen LogP contribution in [0.4, 0.5) is 4.79 Å². The molecule has 13 heteroatoms. The van der Waals surface area contributed by atoms with Gasteiger partial charge in [0.1, 0.15) is 18.1 Å². The van der Waals surface area contributed by atoms with Gasteiger partial charge in [0.15, 0.2) is 0 Å². The molecular weight excluding hydrogens is 624 g/mol. The summed E-state index contributed by atoms with van der Waals surface area (Å²) in [5.41, 5.74) is 18.9. The van der Waals surface area contributed by atoms with Crippen LogP contribution in [0.25, 0.3) is 0 Å². The fourth-order valence-electron chi connectivity index (χ4n) is 5.96. The second-order valence-electron chi connectivity index (χ2n) is 13.2. The lowest BCUT2D eigenvalue weighted by Gasteiger charge is -2.35. The summed E-state index contributed by atoms with van der Waals surface area (Å²) in [6.45, 7) is 5.15. The fourth-order valence-corrected chi connectivity index (χ4v) is 5.96. The monoisotopic (exact) mass is 678 g/mol. The third kappa shape index (κ3) is 13.5. The number of nitrogens with zero attached hydrogens (tertiary/aromatic N) is 1. The highest BCUT2D eigenvalue weighted by Gasteiger charge is 2.33. The van der Waals surface area contributed by atoms with Gasteiger partial charge in [0, 0.05) is 25.6 Å². The number of carbonyl (C=O) groups excluding carboxylic acids is 5. The summed E-state index contributed by atoms with van der Waals surface area (Å²) in [6.07, 6.45) is 3.59. The van der Waals surface area contributed by atoms with Crippen LogP contribution < -0.4 is 38.5 Å². The second kappa shape index (κ2) is 20.1. The molecule has 1 aliphatic rings. The molecule has 1 aliphatic heterocycles. The SMILES string of the molecule is CC(C)C[C@@H](NC(=O)[C@@H](Cc1ccccc1)NC(=O)[C@H](N)Cc1ccccc1)C(=O)N[C@H](CCCCN)C(=O)N1CCC(NC(N)=O)CC1. The number of unbranched alkanes of at least 4 members (excludes halogenated alkanes) is 1. The molecule has 268 valence electrons. The largest absolute Gasteiger partial charge is 0.352 e. The van der Waals surface area contributed by atoms with Gasteiger partial charge in [0.25, 0.3) is 0 Å². The van der Waals surface area contributed by atoms with Crippen LogP contribution in [-0.2, 0) is 32.0 Å². The van der Waals surface area contributed by atoms with Crippen LogP contribution in [0.2, 0.25) is 0 Å². The minimum absolute atomic E-state index is 0.0284. The van der Waals surface area contributed by atoms with Gasteiger partial charge in [-0.2, -0.15) is 0 Å². The molecule has 0 aliphatic carbocycles. The molecule has 1 heterocycles. The van der Waals surface area contributed by atoms with E-state index in [-0.39, 0.29) is 24.3 Å². The molecule has 0 bridgehead atoms. The first-order chi connectivity index (χ1) is 23.5. The van der Waals surface area contributed by atoms with Crippen molar-refractivity contribution < 1.29 is 24.0 Å². The zero-order valence-electron chi connectivity index (χ0n) is 28.7. The van der Waals surface area contributed by atoms with E-state index in [1.165, 1.54) is 0 Å². The number of hydrogen-bond donors (Lipinski definition) is 7. The molecule has 4 atom stereocenters. The number of urea groups is 1. The highest BCUT2D eigenvalue weighted by atomic mass is 16.2. The molecular formula is C36H54N8O5. The minimum Gasteiger partial charge on any atom is -0.352 e. The van der Waals surface area contributed by atoms with E-state index in [1.807, 2.05) is 74.5 Å². The Kier molecular flexibility index (Phi) is 16.0. The molecule has 0 radical (unpaired) electrons. The fraction of sp³-hybridized carbons (Fsp3) is 0.528. The lowest BCUT2D eigenvalue weighted by molar-refractivity contribution is -0.138. The van der Waals surface area contributed by atoms with Gasteiger partial charge in [-0.15, -0.1) is 0 Å². The minimum atomic E-state index is -1.00. The number of rotatable bonds is 18. The first kappa shape index (κ1) is 39.0. The predicted molar refractivity (Wildman–Crippen MR) is 189 cm³/mol. The summed E-state index contributed by atoms with van der Waals surface area (Å²) in [5, 5.41) is 11.3. The first-order valence-corrected chi connectivity index (χ1v) is 17.3. The number of nitrogens with two attached hydrogens (primary N) is 3. The third-order valence-electron chi connectivity index (χ3n) is 8.61. The van der Waals surface area contributed by atoms with Gasteiger partial charge in [-0.25, -0.2) is 4.79 Å². The van der Waals surface area contributed by atoms with Crippen molar-refractivity contribution in [1.29, 1.82) is 0 Å². The lowest BCUT2D eigenvalue weighted by Crippen LogP contribution is -2.59. The third-order valence-corrected chi connectivity index (χ3v) is 8.61. The Morgan fingerprint density at radius 1 is 0.755 bits per heavy atom. The van der Waals surface area contributed by atoms with E-state index in [0.717, 1.165) is 11.1 Å². The van der Waals surface area contributed by atoms with Gasteiger partial charge in [-0.05, 0) is 68.5 Å². The van der Waals surface area contributed by atoms with Gasteiger partial charge >= 0.3 is 6.03 Å². The van der Waals surface area contributed by atoms with Gasteiger partial charge < -0.3 is 43.4 Å². The van der Waals surface area contributed by atoms with E-state index in [2.05, 4.69) is 21.3 Å². The topological polar surface area (TPSA) is 215 Å². The standard InChI is InChI=1S/C36H54N8O5/c1-24(2)21-30(33(46)41-29(15-9-10-18-37)35(48)44-19-16-27(17-20-44)40-36(39)49)43-34(47)31(23-26-13-7-4-8-14-26)42-32(45)28(38)22-25-11-5-3-6-12-25/h3-8,11-14,24,27-31H,9-10,15-23,37-38H2,1-2H3,(H,41,46)(H,42,45)(H,43,47)(H3,39,40,49)/t28-,29-,30-,31-/m1/s1. The molecule has 0 unspecified atom stereocenters. The van der Waals surface area contributed by atoms with Crippen molar-refractivity contribution in [2.45, 2.75) is 95.4 Å². The van der Waals surface area contributed by atoms with Crippen LogP contribution in [0.1, 0.15) is 63.5 Å². The van der Waals surface area contributed by atoms with Crippen LogP contribution in [0.3, 0.4) is 0 Å². The number of piperidine rings is 1. The summed E-state index contributed by atoms with van der Waals surface area (Å²) >= 11 is 0. The zero-order valence-corrected chi connectivity index (χ0v) is 28.7. The number of primary amides is 1. The van der Waals surface area contributed by atoms with Crippen molar-refractivity contribution in [3.05, 3.63) is 71.8 Å². The van der Waals surface area contributed by atoms with Crippen LogP contribution >= 0.6 is 0 Å². The number of likely N-dealkylation sites (tertiary alicyclic amines) is 1. The molecule has 49 heavy (non-hydrogen) atoms. The van der Waals surface area contributed by atoms with Gasteiger partial charge in [-0.3, -0.25) is 19.2 Å². The number of nitrogens with one attached hydrogen (secondary N) is 4. The van der Waals surface area contributed by atoms with Crippen LogP contribution in [0.5, 0.6) is 0 Å². The lowest BCUT2D eigenvalue weighted by atomic mass is 9.99. The maximum Gasteiger partial charge on any atom is 0.312 e. The molecule has 1 saturated heterocycles. The van der Waals surface area contributed by atoms with E-state index >= 15 is 0 Å². The van der Waals surface area contributed by atoms with Gasteiger partial charge in [0.2, 0.25) is 23.6 Å². The Labute approximate surface area is 289 Å². The Morgan fingerprint density at radius 3 is 1.84 bits per heavy atom. The Morgan fingerprint density at radius 2 is 1.29 bits per heavy atom. The molecule has 10 N–H and O–H groups in total. The number of carbonyl (C=O) groups is 5. The van der Waals surface area contributed by atoms with Crippen molar-refractivity contribution in [2.24, 2.45) is 23.1 Å². The highest BCUT2D eigenvalue weighted by Crippen LogP contribution is 2.15. The molecule has 0 saturated carbocycles. The second-order valence-corrected chi connectivity index (χ2v) is 13.2. The van der Waals surface area contributed by atoms with Crippen molar-refractivity contribution >= 4 is 29.7 Å². The zero-order chi connectivity index (χ0) is 35.8. The van der Waals surface area contributed by atoms with E-state index in [0.29, 0.717) is 64.6 Å². The average molecular weight is 679 g/mol. The van der Waals surface area contributed by atoms with Gasteiger partial charge in [0.05, 0.1) is 6.04 Å². The number of amides is 6. The molecule has 0 spiro atoms. The Bertz CT molecular complexity index is 1350. The van der Waals surface area contributed by atoms with Crippen molar-refractivity contribution in [1.82, 2.24) is 26.2 Å². The maximum absolute atomic E-state index is 13.9. The Hall–Kier alpha value is -4.49. The van der Waals surface area contributed by atoms with Crippen LogP contribution in [-0.4, -0.2) is 84.4 Å². The molecule has 2 aromatic carbocycles. The summed E-state index contributed by atoms with van der Waals surface area (Å²) < 4.78 is 0. The number of hydrogen-bond acceptors (Lipinski definition) is 7. The van der Waals surface area contributed by atoms with Crippen molar-refractivity contribution in [3.8, 4) is 0 Å². The molecule has 3 rings (SSSR count). The van der Waals surface area contributed by atoms with Gasteiger partial charge in [-0.1, -0.05) is 74.5 Å². The quantitative estimate of drug-likeness (QED) is 0.114. The Balaban J connectivity index is 1.75. The van der Waals surface area contributed by atoms with Crippen molar-refractivity contribution in [3.63, 3.8) is 0 Å². The highest BCUT2D eigenvalue weighted by molar-refractivity contribution is 5.95. The maximum atomic E-state index is 13.9. The predicted octanol–water partition coefficient (Wildman–Crippen LogP) is 1.09. The summed E-state index contributed by atoms with van der Waals surface area (Å²) in [6, 6.07) is 14.3. The van der Waals surface area contributed by atoms with E-state index in [4.69, 9.17) is 17.2 Å². The summed E-state index contributed by atoms with van der Waals surface area (Å²) in [4.78, 5) is 67.6. The summed E-state index contributed by atoms with van der Waals surface area (Å²) in [5.74, 6) is -1.69. The molecule has 13 nitrogen and oxygen atoms in total. The number of benzene rings is 2. The molecule has 0 aromatic heterocycles. The average Bonchev–Trinajstić information content (AvgIpc) is 3.07. The van der Waals surface area contributed by atoms with E-state index in [1.54, 1.807) is 4.90 Å².